The quantitative estimate of drug-likeness (QED) is 0.921. The van der Waals surface area contributed by atoms with Crippen molar-refractivity contribution in [2.75, 3.05) is 13.1 Å². The maximum atomic E-state index is 6.06. The Morgan fingerprint density at radius 3 is 2.83 bits per heavy atom. The van der Waals surface area contributed by atoms with Gasteiger partial charge in [-0.3, -0.25) is 0 Å². The molecule has 94 valence electrons. The van der Waals surface area contributed by atoms with Crippen molar-refractivity contribution in [2.45, 2.75) is 25.3 Å². The van der Waals surface area contributed by atoms with Gasteiger partial charge in [0.15, 0.2) is 0 Å². The van der Waals surface area contributed by atoms with Gasteiger partial charge in [0.25, 0.3) is 0 Å². The van der Waals surface area contributed by atoms with Crippen LogP contribution in [0.25, 0.3) is 11.0 Å². The Kier molecular flexibility index (Phi) is 2.39. The normalized spacial score (nSPS) is 20.3. The highest BCUT2D eigenvalue weighted by molar-refractivity contribution is 6.31. The summed E-state index contributed by atoms with van der Waals surface area (Å²) in [4.78, 5) is 4.81. The molecule has 18 heavy (non-hydrogen) atoms. The third kappa shape index (κ3) is 1.73. The number of nitrogens with one attached hydrogen (secondary N) is 1. The lowest BCUT2D eigenvalue weighted by molar-refractivity contribution is 0.337. The molecule has 1 saturated heterocycles. The number of nitrogens with zero attached hydrogens (tertiary/aromatic N) is 2. The molecule has 1 saturated carbocycles. The Bertz CT molecular complexity index is 596. The van der Waals surface area contributed by atoms with E-state index < -0.39 is 0 Å². The van der Waals surface area contributed by atoms with Gasteiger partial charge in [0, 0.05) is 17.5 Å². The van der Waals surface area contributed by atoms with Crippen LogP contribution in [0.2, 0.25) is 5.02 Å². The maximum Gasteiger partial charge on any atom is 0.110 e. The Hall–Kier alpha value is -1.06. The first-order valence-corrected chi connectivity index (χ1v) is 7.06. The van der Waals surface area contributed by atoms with Crippen molar-refractivity contribution < 1.29 is 0 Å². The van der Waals surface area contributed by atoms with Crippen LogP contribution in [0.5, 0.6) is 0 Å². The summed E-state index contributed by atoms with van der Waals surface area (Å²) >= 11 is 6.06. The van der Waals surface area contributed by atoms with Crippen molar-refractivity contribution in [1.29, 1.82) is 0 Å². The van der Waals surface area contributed by atoms with Crippen LogP contribution < -0.4 is 5.32 Å². The fraction of sp³-hybridized carbons (Fsp3) is 0.500. The fourth-order valence-electron chi connectivity index (χ4n) is 2.76. The van der Waals surface area contributed by atoms with E-state index in [1.165, 1.54) is 24.2 Å². The van der Waals surface area contributed by atoms with Crippen LogP contribution in [0.4, 0.5) is 0 Å². The third-order valence-corrected chi connectivity index (χ3v) is 4.21. The molecule has 0 amide bonds. The third-order valence-electron chi connectivity index (χ3n) is 3.97. The predicted octanol–water partition coefficient (Wildman–Crippen LogP) is 2.79. The lowest BCUT2D eigenvalue weighted by atomic mass is 9.99. The predicted molar refractivity (Wildman–Crippen MR) is 73.1 cm³/mol. The van der Waals surface area contributed by atoms with Crippen molar-refractivity contribution in [3.63, 3.8) is 0 Å². The van der Waals surface area contributed by atoms with Crippen molar-refractivity contribution >= 4 is 22.6 Å². The number of aromatic nitrogens is 2. The molecule has 2 aromatic rings. The molecule has 1 aromatic carbocycles. The van der Waals surface area contributed by atoms with Crippen molar-refractivity contribution in [1.82, 2.24) is 14.9 Å². The second-order valence-corrected chi connectivity index (χ2v) is 5.93. The maximum absolute atomic E-state index is 6.06. The van der Waals surface area contributed by atoms with Gasteiger partial charge in [-0.15, -0.1) is 0 Å². The van der Waals surface area contributed by atoms with Crippen LogP contribution >= 0.6 is 11.6 Å². The molecule has 3 nitrogen and oxygen atoms in total. The summed E-state index contributed by atoms with van der Waals surface area (Å²) in [6, 6.07) is 6.75. The number of imidazole rings is 1. The Morgan fingerprint density at radius 2 is 2.17 bits per heavy atom. The van der Waals surface area contributed by atoms with Gasteiger partial charge in [-0.05, 0) is 50.0 Å². The highest BCUT2D eigenvalue weighted by Gasteiger charge is 2.29. The smallest absolute Gasteiger partial charge is 0.110 e. The second-order valence-electron chi connectivity index (χ2n) is 5.49. The van der Waals surface area contributed by atoms with Crippen molar-refractivity contribution in [2.24, 2.45) is 5.92 Å². The molecular formula is C14H16ClN3. The zero-order chi connectivity index (χ0) is 12.1. The molecule has 1 aliphatic carbocycles. The van der Waals surface area contributed by atoms with Crippen LogP contribution in [0.15, 0.2) is 18.2 Å². The average molecular weight is 262 g/mol. The Morgan fingerprint density at radius 1 is 1.33 bits per heavy atom. The minimum Gasteiger partial charge on any atom is -0.325 e. The molecule has 1 aromatic heterocycles. The van der Waals surface area contributed by atoms with Gasteiger partial charge in [-0.25, -0.2) is 4.98 Å². The Balaban J connectivity index is 1.81. The van der Waals surface area contributed by atoms with Crippen molar-refractivity contribution in [3.05, 3.63) is 29.0 Å². The van der Waals surface area contributed by atoms with Gasteiger partial charge in [-0.1, -0.05) is 11.6 Å². The molecule has 0 bridgehead atoms. The first-order chi connectivity index (χ1) is 8.81. The summed E-state index contributed by atoms with van der Waals surface area (Å²) in [5, 5.41) is 4.11. The summed E-state index contributed by atoms with van der Waals surface area (Å²) in [5.74, 6) is 2.01. The van der Waals surface area contributed by atoms with Crippen molar-refractivity contribution in [3.8, 4) is 0 Å². The lowest BCUT2D eigenvalue weighted by Gasteiger charge is -2.26. The number of benzene rings is 1. The molecule has 4 rings (SSSR count). The Labute approximate surface area is 111 Å². The van der Waals surface area contributed by atoms with Gasteiger partial charge < -0.3 is 9.88 Å². The minimum atomic E-state index is 0.680. The summed E-state index contributed by atoms with van der Waals surface area (Å²) in [5.41, 5.74) is 2.31. The molecule has 0 radical (unpaired) electrons. The summed E-state index contributed by atoms with van der Waals surface area (Å²) in [6.07, 6.45) is 3.68. The summed E-state index contributed by atoms with van der Waals surface area (Å²) in [6.45, 7) is 2.27. The minimum absolute atomic E-state index is 0.680. The SMILES string of the molecule is Clc1ccc2c(c1)nc(CC1CNC1)n2C1CC1. The van der Waals surface area contributed by atoms with E-state index in [4.69, 9.17) is 16.6 Å². The molecule has 0 unspecified atom stereocenters. The number of hydrogen-bond donors (Lipinski definition) is 1. The molecule has 0 spiro atoms. The number of hydrogen-bond acceptors (Lipinski definition) is 2. The van der Waals surface area contributed by atoms with E-state index in [2.05, 4.69) is 16.0 Å². The molecule has 2 fully saturated rings. The van der Waals surface area contributed by atoms with Gasteiger partial charge in [-0.2, -0.15) is 0 Å². The molecule has 1 N–H and O–H groups in total. The first kappa shape index (κ1) is 10.8. The summed E-state index contributed by atoms with van der Waals surface area (Å²) < 4.78 is 2.45. The largest absolute Gasteiger partial charge is 0.325 e. The summed E-state index contributed by atoms with van der Waals surface area (Å²) in [7, 11) is 0. The van der Waals surface area contributed by atoms with Gasteiger partial charge in [0.2, 0.25) is 0 Å². The molecule has 2 aliphatic rings. The van der Waals surface area contributed by atoms with Crippen LogP contribution in [0, 0.1) is 5.92 Å². The van der Waals surface area contributed by atoms with Crippen LogP contribution in [-0.2, 0) is 6.42 Å². The van der Waals surface area contributed by atoms with Crippen LogP contribution in [0.1, 0.15) is 24.7 Å². The first-order valence-electron chi connectivity index (χ1n) is 6.68. The van der Waals surface area contributed by atoms with E-state index >= 15 is 0 Å². The van der Waals surface area contributed by atoms with Gasteiger partial charge in [0.1, 0.15) is 5.82 Å². The highest BCUT2D eigenvalue weighted by atomic mass is 35.5. The van der Waals surface area contributed by atoms with E-state index in [-0.39, 0.29) is 0 Å². The standard InChI is InChI=1S/C14H16ClN3/c15-10-1-4-13-12(6-10)17-14(5-9-7-16-8-9)18(13)11-2-3-11/h1,4,6,9,11,16H,2-3,5,7-8H2. The molecule has 2 heterocycles. The zero-order valence-electron chi connectivity index (χ0n) is 10.2. The van der Waals surface area contributed by atoms with Crippen LogP contribution in [-0.4, -0.2) is 22.6 Å². The molecular weight excluding hydrogens is 246 g/mol. The van der Waals surface area contributed by atoms with E-state index in [0.717, 1.165) is 36.0 Å². The topological polar surface area (TPSA) is 29.9 Å². The average Bonchev–Trinajstić information content (AvgIpc) is 3.06. The van der Waals surface area contributed by atoms with E-state index in [1.807, 2.05) is 12.1 Å². The molecule has 0 atom stereocenters. The lowest BCUT2D eigenvalue weighted by Crippen LogP contribution is -2.43. The molecule has 1 aliphatic heterocycles. The number of rotatable bonds is 3. The monoisotopic (exact) mass is 261 g/mol. The fourth-order valence-corrected chi connectivity index (χ4v) is 2.92. The molecule has 4 heteroatoms. The van der Waals surface area contributed by atoms with Gasteiger partial charge >= 0.3 is 0 Å². The highest BCUT2D eigenvalue weighted by Crippen LogP contribution is 2.39. The van der Waals surface area contributed by atoms with E-state index in [0.29, 0.717) is 6.04 Å². The van der Waals surface area contributed by atoms with E-state index in [9.17, 15) is 0 Å². The zero-order valence-corrected chi connectivity index (χ0v) is 11.0. The van der Waals surface area contributed by atoms with Crippen LogP contribution in [0.3, 0.4) is 0 Å². The number of fused-ring (bicyclic) bond motifs is 1. The second kappa shape index (κ2) is 3.97. The van der Waals surface area contributed by atoms with E-state index in [1.54, 1.807) is 0 Å². The van der Waals surface area contributed by atoms with Gasteiger partial charge in [0.05, 0.1) is 11.0 Å². The number of halogens is 1.